The predicted molar refractivity (Wildman–Crippen MR) is 236 cm³/mol. The average molecular weight is 889 g/mol. The van der Waals surface area contributed by atoms with Gasteiger partial charge in [-0.1, -0.05) is 0 Å². The number of hydrogen-bond acceptors (Lipinski definition) is 14. The van der Waals surface area contributed by atoms with Crippen LogP contribution in [0.15, 0.2) is 6.07 Å². The Hall–Kier alpha value is -3.21. The molecule has 2 N–H and O–H groups in total. The monoisotopic (exact) mass is 889 g/mol. The van der Waals surface area contributed by atoms with Crippen LogP contribution in [0.4, 0.5) is 4.39 Å². The van der Waals surface area contributed by atoms with Gasteiger partial charge in [0.2, 0.25) is 0 Å². The standard InChI is InChI=1S/C48H77FN4O10/c1-41(2)20-28(21-42(3,4)50(41)17)60-37(54)32-19-33(38(55)61-30-24-45(9,10)52(58)46(11,12)25-30)36(49)35(40(57)63-31-26-47(13,14)53(59)48(15,16)27-31)34(32)39(56)62-29-22-43(5,6)51(18)44(7,8)23-29/h19,28-31,58-59H,20-27H2,1-18H3. The van der Waals surface area contributed by atoms with Crippen LogP contribution in [0.25, 0.3) is 0 Å². The SMILES string of the molecule is CN1C(C)(C)CC(OC(=O)c2cc(C(=O)OC3CC(C)(C)N(O)C(C)(C)C3)c(F)c(C(=O)OC3CC(C)(C)N(O)C(C)(C)C3)c2C(=O)OC2CC(C)(C)N(C)C(C)(C)C2)CC1(C)C. The lowest BCUT2D eigenvalue weighted by molar-refractivity contribution is -0.256. The van der Waals surface area contributed by atoms with Crippen molar-refractivity contribution >= 4 is 23.9 Å². The molecule has 1 aromatic carbocycles. The van der Waals surface area contributed by atoms with Crippen molar-refractivity contribution in [2.75, 3.05) is 14.1 Å². The number of carbonyl (C=O) groups is 4. The van der Waals surface area contributed by atoms with E-state index in [1.54, 1.807) is 55.4 Å². The smallest absolute Gasteiger partial charge is 0.342 e. The van der Waals surface area contributed by atoms with Gasteiger partial charge in [0.25, 0.3) is 0 Å². The molecule has 1 aromatic rings. The van der Waals surface area contributed by atoms with E-state index in [4.69, 9.17) is 18.9 Å². The third kappa shape index (κ3) is 10.1. The second-order valence-electron chi connectivity index (χ2n) is 24.0. The zero-order chi connectivity index (χ0) is 48.0. The maximum atomic E-state index is 17.6. The van der Waals surface area contributed by atoms with Crippen LogP contribution < -0.4 is 0 Å². The molecule has 0 amide bonds. The highest BCUT2D eigenvalue weighted by molar-refractivity contribution is 6.12. The number of hydrogen-bond donors (Lipinski definition) is 2. The van der Waals surface area contributed by atoms with Crippen molar-refractivity contribution in [3.63, 3.8) is 0 Å². The van der Waals surface area contributed by atoms with Crippen LogP contribution in [0, 0.1) is 5.82 Å². The van der Waals surface area contributed by atoms with Crippen LogP contribution in [0.5, 0.6) is 0 Å². The van der Waals surface area contributed by atoms with Crippen molar-refractivity contribution in [1.29, 1.82) is 0 Å². The Labute approximate surface area is 375 Å². The van der Waals surface area contributed by atoms with Gasteiger partial charge in [-0.15, -0.1) is 0 Å². The summed E-state index contributed by atoms with van der Waals surface area (Å²) in [6.07, 6.45) is -0.710. The van der Waals surface area contributed by atoms with E-state index in [0.717, 1.165) is 6.07 Å². The zero-order valence-corrected chi connectivity index (χ0v) is 41.4. The molecule has 0 radical (unpaired) electrons. The average Bonchev–Trinajstić information content (AvgIpc) is 3.09. The molecule has 15 heteroatoms. The number of carbonyl (C=O) groups excluding carboxylic acids is 4. The molecule has 63 heavy (non-hydrogen) atoms. The normalized spacial score (nSPS) is 26.4. The number of esters is 4. The Morgan fingerprint density at radius 1 is 0.444 bits per heavy atom. The summed E-state index contributed by atoms with van der Waals surface area (Å²) in [6.45, 7) is 30.5. The maximum absolute atomic E-state index is 17.6. The summed E-state index contributed by atoms with van der Waals surface area (Å²) in [5.41, 5.74) is -8.02. The van der Waals surface area contributed by atoms with Crippen molar-refractivity contribution in [3.05, 3.63) is 34.1 Å². The minimum absolute atomic E-state index is 0.146. The molecule has 5 rings (SSSR count). The van der Waals surface area contributed by atoms with E-state index in [9.17, 15) is 29.6 Å². The van der Waals surface area contributed by atoms with Gasteiger partial charge in [0.15, 0.2) is 5.82 Å². The largest absolute Gasteiger partial charge is 0.459 e. The molecule has 0 aliphatic carbocycles. The van der Waals surface area contributed by atoms with Gasteiger partial charge in [-0.25, -0.2) is 23.6 Å². The summed E-state index contributed by atoms with van der Waals surface area (Å²) in [6, 6.07) is 0.940. The Bertz CT molecular complexity index is 1900. The molecule has 0 aromatic heterocycles. The van der Waals surface area contributed by atoms with Crippen LogP contribution in [0.2, 0.25) is 0 Å². The highest BCUT2D eigenvalue weighted by atomic mass is 19.1. The molecule has 0 atom stereocenters. The van der Waals surface area contributed by atoms with Gasteiger partial charge in [0, 0.05) is 95.7 Å². The molecular formula is C48H77FN4O10. The first-order chi connectivity index (χ1) is 28.3. The lowest BCUT2D eigenvalue weighted by atomic mass is 9.78. The number of halogens is 1. The van der Waals surface area contributed by atoms with E-state index < -0.39 is 121 Å². The number of likely N-dealkylation sites (tertiary alicyclic amines) is 2. The molecule has 0 bridgehead atoms. The van der Waals surface area contributed by atoms with E-state index >= 15 is 4.39 Å². The molecule has 4 fully saturated rings. The van der Waals surface area contributed by atoms with Crippen molar-refractivity contribution in [2.45, 2.75) is 231 Å². The van der Waals surface area contributed by atoms with E-state index in [-0.39, 0.29) is 25.7 Å². The number of ether oxygens (including phenoxy) is 4. The maximum Gasteiger partial charge on any atom is 0.342 e. The highest BCUT2D eigenvalue weighted by Gasteiger charge is 2.51. The summed E-state index contributed by atoms with van der Waals surface area (Å²) >= 11 is 0. The van der Waals surface area contributed by atoms with Crippen LogP contribution in [-0.4, -0.2) is 137 Å². The second kappa shape index (κ2) is 16.6. The zero-order valence-electron chi connectivity index (χ0n) is 41.4. The van der Waals surface area contributed by atoms with Crippen LogP contribution >= 0.6 is 0 Å². The minimum atomic E-state index is -1.41. The molecule has 356 valence electrons. The summed E-state index contributed by atoms with van der Waals surface area (Å²) in [5, 5.41) is 24.4. The van der Waals surface area contributed by atoms with Crippen molar-refractivity contribution < 1.29 is 52.9 Å². The van der Waals surface area contributed by atoms with Gasteiger partial charge in [-0.2, -0.15) is 10.1 Å². The predicted octanol–water partition coefficient (Wildman–Crippen LogP) is 8.58. The van der Waals surface area contributed by atoms with Crippen LogP contribution in [0.3, 0.4) is 0 Å². The van der Waals surface area contributed by atoms with Crippen molar-refractivity contribution in [3.8, 4) is 0 Å². The van der Waals surface area contributed by atoms with Gasteiger partial charge in [-0.3, -0.25) is 9.80 Å². The number of rotatable bonds is 8. The summed E-state index contributed by atoms with van der Waals surface area (Å²) in [5.74, 6) is -6.04. The molecule has 0 saturated carbocycles. The second-order valence-corrected chi connectivity index (χ2v) is 24.0. The number of benzene rings is 1. The van der Waals surface area contributed by atoms with E-state index in [2.05, 4.69) is 9.80 Å². The van der Waals surface area contributed by atoms with Crippen molar-refractivity contribution in [1.82, 2.24) is 19.9 Å². The lowest BCUT2D eigenvalue weighted by Gasteiger charge is -2.53. The van der Waals surface area contributed by atoms with Gasteiger partial charge >= 0.3 is 23.9 Å². The number of piperidine rings is 4. The Morgan fingerprint density at radius 2 is 0.683 bits per heavy atom. The summed E-state index contributed by atoms with van der Waals surface area (Å²) in [7, 11) is 4.00. The molecule has 14 nitrogen and oxygen atoms in total. The van der Waals surface area contributed by atoms with E-state index in [1.807, 2.05) is 69.5 Å². The molecule has 4 aliphatic heterocycles. The molecule has 4 aliphatic rings. The Kier molecular flexibility index (Phi) is 13.4. The third-order valence-corrected chi connectivity index (χ3v) is 14.9. The van der Waals surface area contributed by atoms with Crippen LogP contribution in [0.1, 0.15) is 204 Å². The molecule has 0 unspecified atom stereocenters. The van der Waals surface area contributed by atoms with E-state index in [0.29, 0.717) is 25.7 Å². The molecule has 0 spiro atoms. The molecular weight excluding hydrogens is 812 g/mol. The Morgan fingerprint density at radius 3 is 0.984 bits per heavy atom. The molecule has 4 saturated heterocycles. The molecule has 4 heterocycles. The Balaban J connectivity index is 1.68. The minimum Gasteiger partial charge on any atom is -0.459 e. The van der Waals surface area contributed by atoms with Gasteiger partial charge in [0.1, 0.15) is 30.0 Å². The van der Waals surface area contributed by atoms with Gasteiger partial charge in [-0.05, 0) is 131 Å². The highest BCUT2D eigenvalue weighted by Crippen LogP contribution is 2.43. The fourth-order valence-corrected chi connectivity index (χ4v) is 11.5. The van der Waals surface area contributed by atoms with Gasteiger partial charge < -0.3 is 29.4 Å². The number of hydroxylamine groups is 4. The van der Waals surface area contributed by atoms with Gasteiger partial charge in [0.05, 0.1) is 16.7 Å². The van der Waals surface area contributed by atoms with E-state index in [1.165, 1.54) is 10.1 Å². The first kappa shape index (κ1) is 50.8. The topological polar surface area (TPSA) is 159 Å². The summed E-state index contributed by atoms with van der Waals surface area (Å²) in [4.78, 5) is 63.2. The quantitative estimate of drug-likeness (QED) is 0.189. The third-order valence-electron chi connectivity index (χ3n) is 14.9. The first-order valence-corrected chi connectivity index (χ1v) is 22.5. The fourth-order valence-electron chi connectivity index (χ4n) is 11.5. The van der Waals surface area contributed by atoms with Crippen molar-refractivity contribution in [2.24, 2.45) is 0 Å². The van der Waals surface area contributed by atoms with Crippen LogP contribution in [-0.2, 0) is 18.9 Å². The summed E-state index contributed by atoms with van der Waals surface area (Å²) < 4.78 is 42.1. The fraction of sp³-hybridized carbons (Fsp3) is 0.792. The first-order valence-electron chi connectivity index (χ1n) is 22.5. The number of nitrogens with zero attached hydrogens (tertiary/aromatic N) is 4. The lowest BCUT2D eigenvalue weighted by Crippen LogP contribution is -2.60.